The van der Waals surface area contributed by atoms with Crippen molar-refractivity contribution in [1.82, 2.24) is 15.2 Å². The summed E-state index contributed by atoms with van der Waals surface area (Å²) in [6, 6.07) is 15.5. The maximum Gasteiger partial charge on any atom is 0.282 e. The molecule has 3 aromatic rings. The highest BCUT2D eigenvalue weighted by Crippen LogP contribution is 2.32. The summed E-state index contributed by atoms with van der Waals surface area (Å²) >= 11 is 6.38. The van der Waals surface area contributed by atoms with Gasteiger partial charge in [0.05, 0.1) is 24.7 Å². The Hall–Kier alpha value is -3.98. The average molecular weight is 527 g/mol. The van der Waals surface area contributed by atoms with Crippen LogP contribution in [0.3, 0.4) is 0 Å². The first-order valence-electron chi connectivity index (χ1n) is 11.6. The molecule has 1 saturated heterocycles. The zero-order valence-corrected chi connectivity index (χ0v) is 20.6. The highest BCUT2D eigenvalue weighted by Gasteiger charge is 2.46. The zero-order valence-electron chi connectivity index (χ0n) is 19.8. The maximum absolute atomic E-state index is 13.0. The van der Waals surface area contributed by atoms with Crippen molar-refractivity contribution < 1.29 is 23.1 Å². The van der Waals surface area contributed by atoms with Gasteiger partial charge in [-0.3, -0.25) is 9.59 Å². The highest BCUT2D eigenvalue weighted by molar-refractivity contribution is 6.32. The molecule has 0 atom stereocenters. The number of rotatable bonds is 9. The minimum atomic E-state index is -2.79. The number of hydrogen-bond donors (Lipinski definition) is 2. The molecule has 0 unspecified atom stereocenters. The number of hydrogen-bond acceptors (Lipinski definition) is 5. The molecule has 1 fully saturated rings. The van der Waals surface area contributed by atoms with Crippen LogP contribution in [0.1, 0.15) is 22.3 Å². The number of carbonyl (C=O) groups excluding carboxylic acids is 2. The van der Waals surface area contributed by atoms with Crippen molar-refractivity contribution in [3.05, 3.63) is 83.0 Å². The Kier molecular flexibility index (Phi) is 8.03. The summed E-state index contributed by atoms with van der Waals surface area (Å²) in [6.07, 6.45) is 5.24. The number of likely N-dealkylation sites (tertiary alicyclic amines) is 1. The fourth-order valence-corrected chi connectivity index (χ4v) is 3.89. The molecule has 1 aromatic heterocycles. The number of aromatic nitrogens is 1. The van der Waals surface area contributed by atoms with Crippen LogP contribution in [-0.2, 0) is 4.79 Å². The summed E-state index contributed by atoms with van der Waals surface area (Å²) in [5.41, 5.74) is 8.31. The van der Waals surface area contributed by atoms with Crippen LogP contribution in [0.15, 0.2) is 66.9 Å². The first-order chi connectivity index (χ1) is 17.7. The molecule has 10 heteroatoms. The first kappa shape index (κ1) is 26.1. The molecule has 7 nitrogen and oxygen atoms in total. The Morgan fingerprint density at radius 1 is 1.11 bits per heavy atom. The van der Waals surface area contributed by atoms with Crippen LogP contribution in [0.2, 0.25) is 5.02 Å². The third kappa shape index (κ3) is 7.04. The van der Waals surface area contributed by atoms with E-state index in [4.69, 9.17) is 22.1 Å². The minimum absolute atomic E-state index is 0.227. The van der Waals surface area contributed by atoms with E-state index >= 15 is 0 Å². The predicted molar refractivity (Wildman–Crippen MR) is 139 cm³/mol. The number of nitrogens with zero attached hydrogens (tertiary/aromatic N) is 2. The molecule has 0 bridgehead atoms. The quantitative estimate of drug-likeness (QED) is 0.312. The third-order valence-corrected chi connectivity index (χ3v) is 5.94. The standard InChI is InChI=1S/C27H25ClF2N4O3/c28-22-14-21(19-4-6-20(7-5-19)26(36)34-16-27(29,30)17-34)8-9-23(22)37-13-1-12-32-25(35)11-3-18-2-10-24(31)33-15-18/h2-11,14-15H,1,12-13,16-17H2,(H2,31,33)(H,32,35)/b11-3+. The number of benzene rings is 2. The van der Waals surface area contributed by atoms with Crippen LogP contribution in [0.4, 0.5) is 14.6 Å². The van der Waals surface area contributed by atoms with Crippen LogP contribution in [0, 0.1) is 0 Å². The van der Waals surface area contributed by atoms with E-state index < -0.39 is 24.9 Å². The van der Waals surface area contributed by atoms with E-state index in [1.807, 2.05) is 6.07 Å². The smallest absolute Gasteiger partial charge is 0.282 e. The van der Waals surface area contributed by atoms with E-state index in [0.29, 0.717) is 41.7 Å². The van der Waals surface area contributed by atoms with E-state index in [0.717, 1.165) is 21.6 Å². The van der Waals surface area contributed by atoms with Gasteiger partial charge in [-0.25, -0.2) is 13.8 Å². The normalized spacial score (nSPS) is 14.3. The zero-order chi connectivity index (χ0) is 26.4. The van der Waals surface area contributed by atoms with Gasteiger partial charge >= 0.3 is 0 Å². The van der Waals surface area contributed by atoms with Crippen molar-refractivity contribution >= 4 is 35.3 Å². The molecule has 2 aromatic carbocycles. The Morgan fingerprint density at radius 2 is 1.84 bits per heavy atom. The van der Waals surface area contributed by atoms with Crippen LogP contribution in [0.5, 0.6) is 5.75 Å². The van der Waals surface area contributed by atoms with E-state index in [9.17, 15) is 18.4 Å². The maximum atomic E-state index is 13.0. The Balaban J connectivity index is 1.22. The number of nitrogen functional groups attached to an aromatic ring is 1. The second-order valence-electron chi connectivity index (χ2n) is 8.58. The van der Waals surface area contributed by atoms with Gasteiger partial charge in [-0.15, -0.1) is 0 Å². The van der Waals surface area contributed by atoms with E-state index in [-0.39, 0.29) is 5.91 Å². The monoisotopic (exact) mass is 526 g/mol. The molecule has 0 saturated carbocycles. The van der Waals surface area contributed by atoms with E-state index in [1.54, 1.807) is 60.8 Å². The molecule has 192 valence electrons. The van der Waals surface area contributed by atoms with Gasteiger partial charge in [0.25, 0.3) is 11.8 Å². The predicted octanol–water partition coefficient (Wildman–Crippen LogP) is 4.67. The summed E-state index contributed by atoms with van der Waals surface area (Å²) in [4.78, 5) is 29.3. The molecule has 4 rings (SSSR count). The van der Waals surface area contributed by atoms with Crippen LogP contribution in [0.25, 0.3) is 17.2 Å². The van der Waals surface area contributed by atoms with Gasteiger partial charge < -0.3 is 20.7 Å². The molecule has 1 aliphatic rings. The summed E-state index contributed by atoms with van der Waals surface area (Å²) in [7, 11) is 0. The largest absolute Gasteiger partial charge is 0.492 e. The number of ether oxygens (including phenoxy) is 1. The molecule has 37 heavy (non-hydrogen) atoms. The van der Waals surface area contributed by atoms with Crippen molar-refractivity contribution in [3.63, 3.8) is 0 Å². The topological polar surface area (TPSA) is 97.6 Å². The first-order valence-corrected chi connectivity index (χ1v) is 12.0. The Labute approximate surface area is 217 Å². The van der Waals surface area contributed by atoms with Crippen LogP contribution in [-0.4, -0.2) is 53.9 Å². The molecule has 0 spiro atoms. The lowest BCUT2D eigenvalue weighted by Gasteiger charge is -2.38. The second kappa shape index (κ2) is 11.4. The summed E-state index contributed by atoms with van der Waals surface area (Å²) < 4.78 is 31.8. The number of halogens is 3. The lowest BCUT2D eigenvalue weighted by molar-refractivity contribution is -0.116. The van der Waals surface area contributed by atoms with Crippen molar-refractivity contribution in [2.75, 3.05) is 32.0 Å². The molecule has 1 aliphatic heterocycles. The second-order valence-corrected chi connectivity index (χ2v) is 8.99. The van der Waals surface area contributed by atoms with Crippen LogP contribution >= 0.6 is 11.6 Å². The lowest BCUT2D eigenvalue weighted by atomic mass is 10.0. The third-order valence-electron chi connectivity index (χ3n) is 5.64. The highest BCUT2D eigenvalue weighted by atomic mass is 35.5. The van der Waals surface area contributed by atoms with Gasteiger partial charge in [-0.05, 0) is 65.6 Å². The SMILES string of the molecule is Nc1ccc(/C=C/C(=O)NCCCOc2ccc(-c3ccc(C(=O)N4CC(F)(F)C4)cc3)cc2Cl)cn1. The fourth-order valence-electron chi connectivity index (χ4n) is 3.65. The fraction of sp³-hybridized carbons (Fsp3) is 0.222. The molecule has 2 amide bonds. The number of amides is 2. The van der Waals surface area contributed by atoms with Gasteiger partial charge in [-0.2, -0.15) is 0 Å². The number of alkyl halides is 2. The van der Waals surface area contributed by atoms with Crippen molar-refractivity contribution in [2.24, 2.45) is 0 Å². The van der Waals surface area contributed by atoms with Crippen molar-refractivity contribution in [2.45, 2.75) is 12.3 Å². The molecule has 0 radical (unpaired) electrons. The van der Waals surface area contributed by atoms with Crippen molar-refractivity contribution in [3.8, 4) is 16.9 Å². The number of pyridine rings is 1. The Morgan fingerprint density at radius 3 is 2.49 bits per heavy atom. The van der Waals surface area contributed by atoms with Gasteiger partial charge in [0.1, 0.15) is 11.6 Å². The summed E-state index contributed by atoms with van der Waals surface area (Å²) in [5.74, 6) is -2.50. The van der Waals surface area contributed by atoms with Gasteiger partial charge in [0, 0.05) is 24.4 Å². The average Bonchev–Trinajstić information content (AvgIpc) is 2.87. The minimum Gasteiger partial charge on any atom is -0.492 e. The summed E-state index contributed by atoms with van der Waals surface area (Å²) in [6.45, 7) is -0.302. The van der Waals surface area contributed by atoms with Crippen LogP contribution < -0.4 is 15.8 Å². The number of nitrogens with two attached hydrogens (primary N) is 1. The van der Waals surface area contributed by atoms with Gasteiger partial charge in [0.2, 0.25) is 5.91 Å². The van der Waals surface area contributed by atoms with E-state index in [2.05, 4.69) is 10.3 Å². The summed E-state index contributed by atoms with van der Waals surface area (Å²) in [5, 5.41) is 3.20. The number of carbonyl (C=O) groups is 2. The molecule has 0 aliphatic carbocycles. The number of anilines is 1. The van der Waals surface area contributed by atoms with Gasteiger partial charge in [0.15, 0.2) is 0 Å². The number of nitrogens with one attached hydrogen (secondary N) is 1. The Bertz CT molecular complexity index is 1290. The molecular formula is C27H25ClF2N4O3. The molecular weight excluding hydrogens is 502 g/mol. The van der Waals surface area contributed by atoms with Crippen molar-refractivity contribution in [1.29, 1.82) is 0 Å². The molecule has 3 N–H and O–H groups in total. The lowest BCUT2D eigenvalue weighted by Crippen LogP contribution is -2.58. The van der Waals surface area contributed by atoms with E-state index in [1.165, 1.54) is 6.08 Å². The molecule has 2 heterocycles. The van der Waals surface area contributed by atoms with Gasteiger partial charge in [-0.1, -0.05) is 29.8 Å².